The summed E-state index contributed by atoms with van der Waals surface area (Å²) in [5, 5.41) is 12.9. The summed E-state index contributed by atoms with van der Waals surface area (Å²) >= 11 is 0. The van der Waals surface area contributed by atoms with E-state index in [1.54, 1.807) is 19.1 Å². The molecule has 0 fully saturated rings. The summed E-state index contributed by atoms with van der Waals surface area (Å²) in [7, 11) is 0. The van der Waals surface area contributed by atoms with Crippen LogP contribution in [0.2, 0.25) is 0 Å². The molecule has 3 heteroatoms. The highest BCUT2D eigenvalue weighted by atomic mass is 16.3. The van der Waals surface area contributed by atoms with Crippen molar-refractivity contribution < 1.29 is 9.90 Å². The molecule has 0 aliphatic carbocycles. The summed E-state index contributed by atoms with van der Waals surface area (Å²) in [4.78, 5) is 11.9. The van der Waals surface area contributed by atoms with E-state index in [4.69, 9.17) is 0 Å². The van der Waals surface area contributed by atoms with E-state index in [-0.39, 0.29) is 12.5 Å². The molecular formula is C15H23NO2. The van der Waals surface area contributed by atoms with Crippen LogP contribution in [0.4, 0.5) is 0 Å². The van der Waals surface area contributed by atoms with Gasteiger partial charge in [-0.1, -0.05) is 31.5 Å². The van der Waals surface area contributed by atoms with Crippen molar-refractivity contribution in [3.63, 3.8) is 0 Å². The molecule has 0 spiro atoms. The van der Waals surface area contributed by atoms with Gasteiger partial charge in [0.05, 0.1) is 5.60 Å². The minimum absolute atomic E-state index is 0.140. The van der Waals surface area contributed by atoms with Gasteiger partial charge in [-0.15, -0.1) is 0 Å². The molecule has 0 saturated heterocycles. The highest BCUT2D eigenvalue weighted by Gasteiger charge is 2.22. The Hall–Kier alpha value is -1.35. The lowest BCUT2D eigenvalue weighted by Crippen LogP contribution is -2.41. The van der Waals surface area contributed by atoms with Crippen molar-refractivity contribution >= 4 is 5.91 Å². The fraction of sp³-hybridized carbons (Fsp3) is 0.533. The minimum atomic E-state index is -0.853. The van der Waals surface area contributed by atoms with E-state index in [0.29, 0.717) is 17.9 Å². The summed E-state index contributed by atoms with van der Waals surface area (Å²) in [5.74, 6) is 0.260. The van der Waals surface area contributed by atoms with Crippen molar-refractivity contribution in [1.29, 1.82) is 0 Å². The number of rotatable bonds is 5. The molecule has 0 aliphatic heterocycles. The third-order valence-electron chi connectivity index (χ3n) is 2.79. The molecule has 18 heavy (non-hydrogen) atoms. The molecule has 0 saturated carbocycles. The van der Waals surface area contributed by atoms with E-state index in [9.17, 15) is 9.90 Å². The Labute approximate surface area is 109 Å². The first kappa shape index (κ1) is 14.7. The maximum absolute atomic E-state index is 11.9. The zero-order valence-electron chi connectivity index (χ0n) is 11.7. The van der Waals surface area contributed by atoms with Crippen LogP contribution in [0.25, 0.3) is 0 Å². The lowest BCUT2D eigenvalue weighted by molar-refractivity contribution is 0.0368. The molecule has 1 aromatic carbocycles. The molecule has 0 aliphatic rings. The maximum Gasteiger partial charge on any atom is 0.251 e. The van der Waals surface area contributed by atoms with Crippen molar-refractivity contribution in [2.75, 3.05) is 6.54 Å². The molecule has 1 unspecified atom stereocenters. The van der Waals surface area contributed by atoms with E-state index < -0.39 is 5.60 Å². The largest absolute Gasteiger partial charge is 0.388 e. The van der Waals surface area contributed by atoms with Gasteiger partial charge in [0, 0.05) is 12.1 Å². The van der Waals surface area contributed by atoms with E-state index in [1.165, 1.54) is 0 Å². The van der Waals surface area contributed by atoms with E-state index in [0.717, 1.165) is 5.56 Å². The summed E-state index contributed by atoms with van der Waals surface area (Å²) < 4.78 is 0. The molecule has 3 nitrogen and oxygen atoms in total. The molecule has 1 aromatic rings. The Bertz CT molecular complexity index is 393. The van der Waals surface area contributed by atoms with Gasteiger partial charge in [-0.25, -0.2) is 0 Å². The highest BCUT2D eigenvalue weighted by Crippen LogP contribution is 2.15. The van der Waals surface area contributed by atoms with Crippen LogP contribution in [0.1, 0.15) is 43.1 Å². The molecular weight excluding hydrogens is 226 g/mol. The van der Waals surface area contributed by atoms with Crippen molar-refractivity contribution in [1.82, 2.24) is 5.32 Å². The van der Waals surface area contributed by atoms with E-state index in [2.05, 4.69) is 19.2 Å². The first-order chi connectivity index (χ1) is 8.30. The van der Waals surface area contributed by atoms with Crippen LogP contribution in [0.5, 0.6) is 0 Å². The molecule has 1 amide bonds. The summed E-state index contributed by atoms with van der Waals surface area (Å²) in [5.41, 5.74) is 0.897. The number of amides is 1. The van der Waals surface area contributed by atoms with Crippen LogP contribution in [-0.2, 0) is 0 Å². The Morgan fingerprint density at radius 2 is 1.89 bits per heavy atom. The van der Waals surface area contributed by atoms with Gasteiger partial charge < -0.3 is 10.4 Å². The number of nitrogens with one attached hydrogen (secondary N) is 1. The van der Waals surface area contributed by atoms with Crippen molar-refractivity contribution in [2.24, 2.45) is 5.92 Å². The van der Waals surface area contributed by atoms with Gasteiger partial charge in [0.1, 0.15) is 0 Å². The number of aryl methyl sites for hydroxylation is 1. The average Bonchev–Trinajstić information content (AvgIpc) is 2.25. The molecule has 0 bridgehead atoms. The summed E-state index contributed by atoms with van der Waals surface area (Å²) in [6.07, 6.45) is 0.668. The van der Waals surface area contributed by atoms with Crippen LogP contribution in [0.3, 0.4) is 0 Å². The average molecular weight is 249 g/mol. The molecule has 0 radical (unpaired) electrons. The number of carbonyl (C=O) groups excluding carboxylic acids is 1. The van der Waals surface area contributed by atoms with Crippen molar-refractivity contribution in [3.05, 3.63) is 35.4 Å². The number of hydrogen-bond acceptors (Lipinski definition) is 2. The van der Waals surface area contributed by atoms with Crippen LogP contribution >= 0.6 is 0 Å². The number of hydrogen-bond donors (Lipinski definition) is 2. The van der Waals surface area contributed by atoms with E-state index in [1.807, 2.05) is 19.1 Å². The third kappa shape index (κ3) is 4.88. The Morgan fingerprint density at radius 1 is 1.33 bits per heavy atom. The standard InChI is InChI=1S/C15H23NO2/c1-11(2)9-15(4,18)10-16-14(17)13-7-5-12(3)6-8-13/h5-8,11,18H,9-10H2,1-4H3,(H,16,17). The molecule has 2 N–H and O–H groups in total. The monoisotopic (exact) mass is 249 g/mol. The second kappa shape index (κ2) is 6.01. The molecule has 0 heterocycles. The number of benzene rings is 1. The molecule has 0 aromatic heterocycles. The summed E-state index contributed by atoms with van der Waals surface area (Å²) in [6.45, 7) is 8.11. The van der Waals surface area contributed by atoms with Gasteiger partial charge in [0.2, 0.25) is 0 Å². The Morgan fingerprint density at radius 3 is 2.39 bits per heavy atom. The second-order valence-corrected chi connectivity index (χ2v) is 5.64. The second-order valence-electron chi connectivity index (χ2n) is 5.64. The van der Waals surface area contributed by atoms with Crippen LogP contribution in [0.15, 0.2) is 24.3 Å². The molecule has 100 valence electrons. The molecule has 1 atom stereocenters. The zero-order chi connectivity index (χ0) is 13.8. The Balaban J connectivity index is 2.53. The maximum atomic E-state index is 11.9. The zero-order valence-corrected chi connectivity index (χ0v) is 11.7. The number of aliphatic hydroxyl groups is 1. The van der Waals surface area contributed by atoms with Crippen LogP contribution < -0.4 is 5.32 Å². The van der Waals surface area contributed by atoms with Crippen molar-refractivity contribution in [3.8, 4) is 0 Å². The van der Waals surface area contributed by atoms with E-state index >= 15 is 0 Å². The van der Waals surface area contributed by atoms with Gasteiger partial charge in [-0.05, 0) is 38.3 Å². The molecule has 1 rings (SSSR count). The smallest absolute Gasteiger partial charge is 0.251 e. The first-order valence-electron chi connectivity index (χ1n) is 6.37. The normalized spacial score (nSPS) is 14.3. The highest BCUT2D eigenvalue weighted by molar-refractivity contribution is 5.94. The third-order valence-corrected chi connectivity index (χ3v) is 2.79. The Kier molecular flexibility index (Phi) is 4.91. The lowest BCUT2D eigenvalue weighted by Gasteiger charge is -2.25. The van der Waals surface area contributed by atoms with Gasteiger partial charge in [-0.3, -0.25) is 4.79 Å². The van der Waals surface area contributed by atoms with Crippen molar-refractivity contribution in [2.45, 2.75) is 39.7 Å². The summed E-state index contributed by atoms with van der Waals surface area (Å²) in [6, 6.07) is 7.39. The first-order valence-corrected chi connectivity index (χ1v) is 6.37. The van der Waals surface area contributed by atoms with Crippen LogP contribution in [0, 0.1) is 12.8 Å². The van der Waals surface area contributed by atoms with Gasteiger partial charge in [0.15, 0.2) is 0 Å². The quantitative estimate of drug-likeness (QED) is 0.842. The fourth-order valence-electron chi connectivity index (χ4n) is 2.03. The van der Waals surface area contributed by atoms with Gasteiger partial charge in [-0.2, -0.15) is 0 Å². The fourth-order valence-corrected chi connectivity index (χ4v) is 2.03. The van der Waals surface area contributed by atoms with Gasteiger partial charge in [0.25, 0.3) is 5.91 Å². The number of carbonyl (C=O) groups is 1. The topological polar surface area (TPSA) is 49.3 Å². The van der Waals surface area contributed by atoms with Gasteiger partial charge >= 0.3 is 0 Å². The minimum Gasteiger partial charge on any atom is -0.388 e. The lowest BCUT2D eigenvalue weighted by atomic mass is 9.94. The SMILES string of the molecule is Cc1ccc(C(=O)NCC(C)(O)CC(C)C)cc1. The van der Waals surface area contributed by atoms with Crippen LogP contribution in [-0.4, -0.2) is 23.2 Å². The predicted octanol–water partition coefficient (Wildman–Crippen LogP) is 2.52. The predicted molar refractivity (Wildman–Crippen MR) is 73.6 cm³/mol.